The first-order chi connectivity index (χ1) is 7.18. The first-order valence-electron chi connectivity index (χ1n) is 5.91. The van der Waals surface area contributed by atoms with E-state index in [0.29, 0.717) is 6.42 Å². The molecule has 1 aliphatic heterocycles. The quantitative estimate of drug-likeness (QED) is 0.701. The van der Waals surface area contributed by atoms with Crippen LogP contribution in [0.25, 0.3) is 0 Å². The Bertz CT molecular complexity index is 186. The van der Waals surface area contributed by atoms with Crippen molar-refractivity contribution in [3.63, 3.8) is 0 Å². The van der Waals surface area contributed by atoms with E-state index in [1.165, 1.54) is 6.42 Å². The molecule has 0 atom stereocenters. The number of carbonyl (C=O) groups is 1. The SMILES string of the molecule is CC(C)NC(=O)CCN1CCCNCC1. The van der Waals surface area contributed by atoms with Gasteiger partial charge in [0.05, 0.1) is 0 Å². The van der Waals surface area contributed by atoms with Crippen LogP contribution in [0.3, 0.4) is 0 Å². The maximum absolute atomic E-state index is 11.4. The molecule has 0 bridgehead atoms. The van der Waals surface area contributed by atoms with E-state index in [4.69, 9.17) is 0 Å². The van der Waals surface area contributed by atoms with Crippen LogP contribution >= 0.6 is 0 Å². The van der Waals surface area contributed by atoms with Crippen LogP contribution in [0.1, 0.15) is 26.7 Å². The van der Waals surface area contributed by atoms with Crippen LogP contribution in [0.4, 0.5) is 0 Å². The number of amides is 1. The van der Waals surface area contributed by atoms with E-state index < -0.39 is 0 Å². The molecule has 1 fully saturated rings. The fourth-order valence-corrected chi connectivity index (χ4v) is 1.78. The zero-order valence-electron chi connectivity index (χ0n) is 9.88. The molecule has 0 spiro atoms. The van der Waals surface area contributed by atoms with Crippen molar-refractivity contribution >= 4 is 5.91 Å². The third-order valence-electron chi connectivity index (χ3n) is 2.54. The van der Waals surface area contributed by atoms with Gasteiger partial charge in [0.25, 0.3) is 0 Å². The molecule has 88 valence electrons. The van der Waals surface area contributed by atoms with Crippen molar-refractivity contribution in [2.45, 2.75) is 32.7 Å². The molecule has 4 nitrogen and oxygen atoms in total. The minimum Gasteiger partial charge on any atom is -0.354 e. The molecule has 0 radical (unpaired) electrons. The second-order valence-electron chi connectivity index (χ2n) is 4.42. The van der Waals surface area contributed by atoms with E-state index in [2.05, 4.69) is 15.5 Å². The van der Waals surface area contributed by atoms with Gasteiger partial charge in [-0.1, -0.05) is 0 Å². The largest absolute Gasteiger partial charge is 0.354 e. The van der Waals surface area contributed by atoms with Gasteiger partial charge in [0.15, 0.2) is 0 Å². The molecule has 1 rings (SSSR count). The minimum absolute atomic E-state index is 0.169. The molecule has 1 saturated heterocycles. The van der Waals surface area contributed by atoms with Gasteiger partial charge >= 0.3 is 0 Å². The van der Waals surface area contributed by atoms with Gasteiger partial charge in [0.1, 0.15) is 0 Å². The van der Waals surface area contributed by atoms with Crippen molar-refractivity contribution in [2.75, 3.05) is 32.7 Å². The van der Waals surface area contributed by atoms with Crippen LogP contribution in [0.2, 0.25) is 0 Å². The summed E-state index contributed by atoms with van der Waals surface area (Å²) in [5, 5.41) is 6.27. The number of hydrogen-bond donors (Lipinski definition) is 2. The second-order valence-corrected chi connectivity index (χ2v) is 4.42. The average molecular weight is 213 g/mol. The molecule has 0 aromatic rings. The van der Waals surface area contributed by atoms with Gasteiger partial charge in [-0.3, -0.25) is 4.79 Å². The zero-order valence-corrected chi connectivity index (χ0v) is 9.88. The molecular weight excluding hydrogens is 190 g/mol. The number of nitrogens with zero attached hydrogens (tertiary/aromatic N) is 1. The molecule has 1 heterocycles. The van der Waals surface area contributed by atoms with Crippen molar-refractivity contribution in [1.29, 1.82) is 0 Å². The van der Waals surface area contributed by atoms with Crippen LogP contribution in [0.15, 0.2) is 0 Å². The van der Waals surface area contributed by atoms with Crippen molar-refractivity contribution in [3.8, 4) is 0 Å². The Kier molecular flexibility index (Phi) is 5.65. The van der Waals surface area contributed by atoms with E-state index in [-0.39, 0.29) is 11.9 Å². The van der Waals surface area contributed by atoms with Crippen molar-refractivity contribution in [3.05, 3.63) is 0 Å². The highest BCUT2D eigenvalue weighted by molar-refractivity contribution is 5.76. The lowest BCUT2D eigenvalue weighted by Gasteiger charge is -2.19. The van der Waals surface area contributed by atoms with Crippen molar-refractivity contribution < 1.29 is 4.79 Å². The van der Waals surface area contributed by atoms with Crippen LogP contribution in [-0.2, 0) is 4.79 Å². The van der Waals surface area contributed by atoms with Crippen molar-refractivity contribution in [2.24, 2.45) is 0 Å². The Hall–Kier alpha value is -0.610. The Labute approximate surface area is 92.4 Å². The lowest BCUT2D eigenvalue weighted by Crippen LogP contribution is -2.35. The third-order valence-corrected chi connectivity index (χ3v) is 2.54. The molecule has 0 unspecified atom stereocenters. The summed E-state index contributed by atoms with van der Waals surface area (Å²) >= 11 is 0. The van der Waals surface area contributed by atoms with Gasteiger partial charge in [-0.15, -0.1) is 0 Å². The lowest BCUT2D eigenvalue weighted by molar-refractivity contribution is -0.121. The van der Waals surface area contributed by atoms with E-state index >= 15 is 0 Å². The second kappa shape index (κ2) is 6.80. The Morgan fingerprint density at radius 2 is 2.20 bits per heavy atom. The smallest absolute Gasteiger partial charge is 0.221 e. The summed E-state index contributed by atoms with van der Waals surface area (Å²) in [6.45, 7) is 9.21. The van der Waals surface area contributed by atoms with Crippen molar-refractivity contribution in [1.82, 2.24) is 15.5 Å². The average Bonchev–Trinajstić information content (AvgIpc) is 2.41. The standard InChI is InChI=1S/C11H23N3O/c1-10(2)13-11(15)4-8-14-7-3-5-12-6-9-14/h10,12H,3-9H2,1-2H3,(H,13,15). The molecular formula is C11H23N3O. The topological polar surface area (TPSA) is 44.4 Å². The van der Waals surface area contributed by atoms with Gasteiger partial charge in [0, 0.05) is 32.1 Å². The fraction of sp³-hybridized carbons (Fsp3) is 0.909. The van der Waals surface area contributed by atoms with Crippen LogP contribution in [-0.4, -0.2) is 49.6 Å². The summed E-state index contributed by atoms with van der Waals surface area (Å²) in [6, 6.07) is 0.253. The minimum atomic E-state index is 0.169. The van der Waals surface area contributed by atoms with Crippen LogP contribution in [0.5, 0.6) is 0 Å². The normalized spacial score (nSPS) is 18.9. The molecule has 15 heavy (non-hydrogen) atoms. The van der Waals surface area contributed by atoms with Gasteiger partial charge < -0.3 is 15.5 Å². The molecule has 1 amide bonds. The Morgan fingerprint density at radius 1 is 1.40 bits per heavy atom. The van der Waals surface area contributed by atoms with E-state index in [1.807, 2.05) is 13.8 Å². The van der Waals surface area contributed by atoms with Gasteiger partial charge in [0.2, 0.25) is 5.91 Å². The van der Waals surface area contributed by atoms with Gasteiger partial charge in [-0.05, 0) is 33.4 Å². The summed E-state index contributed by atoms with van der Waals surface area (Å²) in [5.41, 5.74) is 0. The molecule has 4 heteroatoms. The molecule has 0 aromatic carbocycles. The summed E-state index contributed by atoms with van der Waals surface area (Å²) < 4.78 is 0. The lowest BCUT2D eigenvalue weighted by atomic mass is 10.3. The molecule has 0 aromatic heterocycles. The molecule has 1 aliphatic rings. The monoisotopic (exact) mass is 213 g/mol. The van der Waals surface area contributed by atoms with Gasteiger partial charge in [-0.25, -0.2) is 0 Å². The van der Waals surface area contributed by atoms with E-state index in [1.54, 1.807) is 0 Å². The number of hydrogen-bond acceptors (Lipinski definition) is 3. The molecule has 0 saturated carbocycles. The highest BCUT2D eigenvalue weighted by atomic mass is 16.1. The van der Waals surface area contributed by atoms with E-state index in [9.17, 15) is 4.79 Å². The summed E-state index contributed by atoms with van der Waals surface area (Å²) in [6.07, 6.45) is 1.81. The first kappa shape index (κ1) is 12.5. The first-order valence-corrected chi connectivity index (χ1v) is 5.91. The summed E-state index contributed by atoms with van der Waals surface area (Å²) in [4.78, 5) is 13.8. The van der Waals surface area contributed by atoms with E-state index in [0.717, 1.165) is 32.7 Å². The Balaban J connectivity index is 2.14. The number of rotatable bonds is 4. The Morgan fingerprint density at radius 3 is 2.93 bits per heavy atom. The third kappa shape index (κ3) is 5.74. The van der Waals surface area contributed by atoms with Gasteiger partial charge in [-0.2, -0.15) is 0 Å². The highest BCUT2D eigenvalue weighted by Gasteiger charge is 2.10. The fourth-order valence-electron chi connectivity index (χ4n) is 1.78. The maximum atomic E-state index is 11.4. The molecule has 2 N–H and O–H groups in total. The predicted molar refractivity (Wildman–Crippen MR) is 61.8 cm³/mol. The predicted octanol–water partition coefficient (Wildman–Crippen LogP) is 0.196. The maximum Gasteiger partial charge on any atom is 0.221 e. The zero-order chi connectivity index (χ0) is 11.1. The van der Waals surface area contributed by atoms with Crippen LogP contribution in [0, 0.1) is 0 Å². The summed E-state index contributed by atoms with van der Waals surface area (Å²) in [5.74, 6) is 0.169. The van der Waals surface area contributed by atoms with Crippen LogP contribution < -0.4 is 10.6 Å². The number of nitrogens with one attached hydrogen (secondary N) is 2. The summed E-state index contributed by atoms with van der Waals surface area (Å²) in [7, 11) is 0. The highest BCUT2D eigenvalue weighted by Crippen LogP contribution is 1.97. The number of carbonyl (C=O) groups excluding carboxylic acids is 1. The molecule has 0 aliphatic carbocycles.